The summed E-state index contributed by atoms with van der Waals surface area (Å²) in [5.74, 6) is 0. The number of methoxy groups -OCH3 is 1. The molecule has 0 aliphatic carbocycles. The third kappa shape index (κ3) is 11.9. The van der Waals surface area contributed by atoms with Gasteiger partial charge in [-0.1, -0.05) is 0 Å². The second-order valence-electron chi connectivity index (χ2n) is 0.289. The van der Waals surface area contributed by atoms with Crippen molar-refractivity contribution in [3.63, 3.8) is 0 Å². The Bertz CT molecular complexity index is 6.00. The summed E-state index contributed by atoms with van der Waals surface area (Å²) in [4.78, 5) is 0. The van der Waals surface area contributed by atoms with Gasteiger partial charge in [-0.05, 0) is 7.11 Å². The second-order valence-corrected chi connectivity index (χ2v) is 0.289. The molecule has 0 saturated heterocycles. The standard InChI is InChI=1S/C2H5O.U/c1-3-2;/h1H2,2H3;/q-1;+2. The Morgan fingerprint density at radius 3 is 1.75 bits per heavy atom. The molecule has 4 heavy (non-hydrogen) atoms. The Kier molecular flexibility index (Phi) is 20.0. The Morgan fingerprint density at radius 1 is 1.75 bits per heavy atom. The summed E-state index contributed by atoms with van der Waals surface area (Å²) in [5, 5.41) is 0. The van der Waals surface area contributed by atoms with Gasteiger partial charge in [0.1, 0.15) is 0 Å². The predicted octanol–water partition coefficient (Wildman–Crippen LogP) is 0.424. The van der Waals surface area contributed by atoms with E-state index in [0.717, 1.165) is 0 Å². The van der Waals surface area contributed by atoms with Gasteiger partial charge in [-0.25, -0.2) is 7.11 Å². The Morgan fingerprint density at radius 2 is 1.75 bits per heavy atom. The molecule has 1 nitrogen and oxygen atoms in total. The molecule has 0 heterocycles. The van der Waals surface area contributed by atoms with Gasteiger partial charge in [-0.2, -0.15) is 0 Å². The van der Waals surface area contributed by atoms with Gasteiger partial charge in [0.05, 0.1) is 0 Å². The maximum atomic E-state index is 4.00. The van der Waals surface area contributed by atoms with Crippen LogP contribution >= 0.6 is 0 Å². The first kappa shape index (κ1) is 8.89. The Labute approximate surface area is 50.1 Å². The minimum absolute atomic E-state index is 0. The van der Waals surface area contributed by atoms with Crippen LogP contribution in [0.2, 0.25) is 0 Å². The van der Waals surface area contributed by atoms with E-state index in [1.165, 1.54) is 7.11 Å². The van der Waals surface area contributed by atoms with E-state index >= 15 is 0 Å². The van der Waals surface area contributed by atoms with Crippen molar-refractivity contribution in [2.24, 2.45) is 0 Å². The van der Waals surface area contributed by atoms with Crippen LogP contribution in [0.25, 0.3) is 0 Å². The van der Waals surface area contributed by atoms with Crippen molar-refractivity contribution in [3.8, 4) is 0 Å². The average Bonchev–Trinajstić information content (AvgIpc) is 0.918. The zero-order valence-corrected chi connectivity index (χ0v) is 6.78. The van der Waals surface area contributed by atoms with Crippen LogP contribution in [-0.4, -0.2) is 7.11 Å². The van der Waals surface area contributed by atoms with Gasteiger partial charge < -0.3 is 4.74 Å². The SMILES string of the molecule is [CH2-]OC.[U+2]. The molecular formula is C2H5OU+. The first-order valence-corrected chi connectivity index (χ1v) is 0.697. The molecule has 0 atom stereocenters. The summed E-state index contributed by atoms with van der Waals surface area (Å²) in [5.41, 5.74) is 0. The van der Waals surface area contributed by atoms with E-state index in [9.17, 15) is 0 Å². The number of rotatable bonds is 0. The summed E-state index contributed by atoms with van der Waals surface area (Å²) in [6.07, 6.45) is 0. The monoisotopic (exact) mass is 283 g/mol. The van der Waals surface area contributed by atoms with Crippen LogP contribution in [0.15, 0.2) is 0 Å². The van der Waals surface area contributed by atoms with E-state index in [1.54, 1.807) is 0 Å². The Balaban J connectivity index is 0. The van der Waals surface area contributed by atoms with Crippen molar-refractivity contribution >= 4 is 0 Å². The molecule has 22 valence electrons. The van der Waals surface area contributed by atoms with Gasteiger partial charge in [0.2, 0.25) is 0 Å². The van der Waals surface area contributed by atoms with Crippen LogP contribution in [0.1, 0.15) is 0 Å². The zero-order valence-electron chi connectivity index (χ0n) is 2.62. The summed E-state index contributed by atoms with van der Waals surface area (Å²) < 4.78 is 4.00. The van der Waals surface area contributed by atoms with E-state index in [2.05, 4.69) is 11.8 Å². The van der Waals surface area contributed by atoms with Gasteiger partial charge in [-0.15, -0.1) is 0 Å². The van der Waals surface area contributed by atoms with Crippen LogP contribution < -0.4 is 0 Å². The van der Waals surface area contributed by atoms with E-state index in [1.807, 2.05) is 0 Å². The van der Waals surface area contributed by atoms with Crippen molar-refractivity contribution < 1.29 is 35.9 Å². The molecule has 0 unspecified atom stereocenters. The van der Waals surface area contributed by atoms with Crippen molar-refractivity contribution in [3.05, 3.63) is 7.11 Å². The summed E-state index contributed by atoms with van der Waals surface area (Å²) in [6.45, 7) is 0. The molecule has 0 amide bonds. The zero-order chi connectivity index (χ0) is 2.71. The van der Waals surface area contributed by atoms with Gasteiger partial charge in [0, 0.05) is 0 Å². The maximum Gasteiger partial charge on any atom is 2.00 e. The average molecular weight is 283 g/mol. The molecule has 0 aliphatic rings. The maximum absolute atomic E-state index is 4.00. The molecule has 0 spiro atoms. The van der Waals surface area contributed by atoms with Crippen molar-refractivity contribution in [1.82, 2.24) is 0 Å². The minimum Gasteiger partial charge on any atom is -0.557 e. The first-order chi connectivity index (χ1) is 1.41. The number of ether oxygens (including phenoxy) is 1. The number of hydrogen-bond donors (Lipinski definition) is 0. The Hall–Kier alpha value is 1.01. The van der Waals surface area contributed by atoms with E-state index < -0.39 is 0 Å². The van der Waals surface area contributed by atoms with Gasteiger partial charge in [-0.3, -0.25) is 0 Å². The third-order valence-corrected chi connectivity index (χ3v) is 0. The summed E-state index contributed by atoms with van der Waals surface area (Å²) in [6, 6.07) is 0. The molecular weight excluding hydrogens is 278 g/mol. The van der Waals surface area contributed by atoms with Gasteiger partial charge >= 0.3 is 31.1 Å². The molecule has 0 saturated carbocycles. The molecule has 2 heteroatoms. The van der Waals surface area contributed by atoms with Crippen LogP contribution in [-0.2, 0) is 4.74 Å². The van der Waals surface area contributed by atoms with Gasteiger partial charge in [0.15, 0.2) is 0 Å². The second kappa shape index (κ2) is 8.99. The van der Waals surface area contributed by atoms with Crippen LogP contribution in [0.3, 0.4) is 0 Å². The van der Waals surface area contributed by atoms with E-state index in [-0.39, 0.29) is 31.1 Å². The van der Waals surface area contributed by atoms with Crippen molar-refractivity contribution in [2.75, 3.05) is 7.11 Å². The summed E-state index contributed by atoms with van der Waals surface area (Å²) >= 11 is 0. The van der Waals surface area contributed by atoms with E-state index in [4.69, 9.17) is 0 Å². The smallest absolute Gasteiger partial charge is 0.557 e. The normalized spacial score (nSPS) is 4.50. The fourth-order valence-electron chi connectivity index (χ4n) is 0. The molecule has 0 aromatic carbocycles. The van der Waals surface area contributed by atoms with Crippen molar-refractivity contribution in [1.29, 1.82) is 0 Å². The predicted molar refractivity (Wildman–Crippen MR) is 12.4 cm³/mol. The third-order valence-electron chi connectivity index (χ3n) is 0. The quantitative estimate of drug-likeness (QED) is 0.586. The summed E-state index contributed by atoms with van der Waals surface area (Å²) in [7, 11) is 4.50. The van der Waals surface area contributed by atoms with Crippen molar-refractivity contribution in [2.45, 2.75) is 0 Å². The van der Waals surface area contributed by atoms with Gasteiger partial charge in [0.25, 0.3) is 0 Å². The first-order valence-electron chi connectivity index (χ1n) is 0.697. The molecule has 0 aromatic rings. The van der Waals surface area contributed by atoms with Crippen LogP contribution in [0.5, 0.6) is 0 Å². The molecule has 0 rings (SSSR count). The van der Waals surface area contributed by atoms with E-state index in [0.29, 0.717) is 0 Å². The minimum atomic E-state index is 0. The molecule has 0 bridgehead atoms. The topological polar surface area (TPSA) is 9.23 Å². The number of hydrogen-bond acceptors (Lipinski definition) is 1. The van der Waals surface area contributed by atoms with Crippen LogP contribution in [0.4, 0.5) is 0 Å². The molecule has 0 N–H and O–H groups in total. The molecule has 0 aromatic heterocycles. The fraction of sp³-hybridized carbons (Fsp3) is 0.500. The fourth-order valence-corrected chi connectivity index (χ4v) is 0. The molecule has 0 aliphatic heterocycles. The largest absolute Gasteiger partial charge is 2.00 e. The molecule has 0 radical (unpaired) electrons. The van der Waals surface area contributed by atoms with Crippen LogP contribution in [0, 0.1) is 38.2 Å². The molecule has 0 fully saturated rings.